The van der Waals surface area contributed by atoms with Crippen molar-refractivity contribution in [3.8, 4) is 11.5 Å². The van der Waals surface area contributed by atoms with E-state index in [1.54, 1.807) is 14.2 Å². The Bertz CT molecular complexity index is 527. The molecule has 0 saturated carbocycles. The van der Waals surface area contributed by atoms with Crippen LogP contribution in [0.4, 0.5) is 0 Å². The molecular weight excluding hydrogens is 343 g/mol. The fraction of sp³-hybridized carbons (Fsp3) is 0.294. The second-order valence-corrected chi connectivity index (χ2v) is 6.89. The quantitative estimate of drug-likeness (QED) is 0.637. The summed E-state index contributed by atoms with van der Waals surface area (Å²) in [5.74, 6) is 1.15. The maximum absolute atomic E-state index is 6.18. The van der Waals surface area contributed by atoms with Crippen molar-refractivity contribution in [1.82, 2.24) is 0 Å². The molecule has 120 valence electrons. The zero-order valence-electron chi connectivity index (χ0n) is 11.6. The van der Waals surface area contributed by atoms with Gasteiger partial charge in [-0.25, -0.2) is 0 Å². The molecule has 2 nitrogen and oxygen atoms in total. The van der Waals surface area contributed by atoms with Crippen LogP contribution in [0.25, 0.3) is 0 Å². The van der Waals surface area contributed by atoms with Crippen molar-refractivity contribution in [2.75, 3.05) is 14.2 Å². The summed E-state index contributed by atoms with van der Waals surface area (Å²) in [4.78, 5) is 0. The SMILES string of the molecule is C.COc1ccc(C(c2ccc(OC)cc2)C(Cl)(Cl)Cl)cc1. The Labute approximate surface area is 146 Å². The van der Waals surface area contributed by atoms with Gasteiger partial charge in [0, 0.05) is 0 Å². The van der Waals surface area contributed by atoms with Crippen molar-refractivity contribution in [3.05, 3.63) is 59.7 Å². The van der Waals surface area contributed by atoms with Crippen LogP contribution in [0.3, 0.4) is 0 Å². The third kappa shape index (κ3) is 4.45. The molecule has 0 aliphatic rings. The smallest absolute Gasteiger partial charge is 0.201 e. The molecular formula is C17H19Cl3O2. The first kappa shape index (κ1) is 19.0. The van der Waals surface area contributed by atoms with Gasteiger partial charge in [-0.05, 0) is 35.4 Å². The first-order valence-electron chi connectivity index (χ1n) is 6.30. The average Bonchev–Trinajstić information content (AvgIpc) is 2.47. The minimum absolute atomic E-state index is 0. The van der Waals surface area contributed by atoms with E-state index >= 15 is 0 Å². The Kier molecular flexibility index (Phi) is 6.86. The highest BCUT2D eigenvalue weighted by Gasteiger charge is 2.35. The number of methoxy groups -OCH3 is 2. The molecule has 0 aliphatic carbocycles. The standard InChI is InChI=1S/C16H15Cl3O2.CH4/c1-20-13-7-3-11(4-8-13)15(16(17,18)19)12-5-9-14(21-2)10-6-12;/h3-10,15H,1-2H3;1H4. The fourth-order valence-electron chi connectivity index (χ4n) is 2.16. The van der Waals surface area contributed by atoms with Crippen LogP contribution in [0.1, 0.15) is 24.5 Å². The molecule has 0 bridgehead atoms. The average molecular weight is 362 g/mol. The maximum Gasteiger partial charge on any atom is 0.201 e. The molecule has 5 heteroatoms. The second kappa shape index (κ2) is 7.96. The van der Waals surface area contributed by atoms with Crippen LogP contribution in [0.2, 0.25) is 0 Å². The van der Waals surface area contributed by atoms with E-state index < -0.39 is 3.79 Å². The van der Waals surface area contributed by atoms with E-state index in [1.807, 2.05) is 48.5 Å². The highest BCUT2D eigenvalue weighted by molar-refractivity contribution is 6.68. The van der Waals surface area contributed by atoms with Crippen molar-refractivity contribution < 1.29 is 9.47 Å². The van der Waals surface area contributed by atoms with E-state index in [0.29, 0.717) is 0 Å². The molecule has 0 radical (unpaired) electrons. The number of hydrogen-bond donors (Lipinski definition) is 0. The Morgan fingerprint density at radius 2 is 1.05 bits per heavy atom. The van der Waals surface area contributed by atoms with Crippen LogP contribution < -0.4 is 9.47 Å². The largest absolute Gasteiger partial charge is 0.497 e. The van der Waals surface area contributed by atoms with Gasteiger partial charge in [-0.2, -0.15) is 0 Å². The third-order valence-electron chi connectivity index (χ3n) is 3.23. The summed E-state index contributed by atoms with van der Waals surface area (Å²) in [5, 5.41) is 0. The van der Waals surface area contributed by atoms with Gasteiger partial charge in [0.25, 0.3) is 0 Å². The highest BCUT2D eigenvalue weighted by atomic mass is 35.6. The van der Waals surface area contributed by atoms with Crippen LogP contribution in [0.15, 0.2) is 48.5 Å². The number of rotatable bonds is 4. The normalized spacial score (nSPS) is 11.0. The van der Waals surface area contributed by atoms with Gasteiger partial charge in [0.2, 0.25) is 3.79 Å². The summed E-state index contributed by atoms with van der Waals surface area (Å²) in [7, 11) is 3.23. The van der Waals surface area contributed by atoms with E-state index in [9.17, 15) is 0 Å². The zero-order chi connectivity index (χ0) is 15.5. The minimum Gasteiger partial charge on any atom is -0.497 e. The minimum atomic E-state index is -1.46. The topological polar surface area (TPSA) is 18.5 Å². The Morgan fingerprint density at radius 3 is 1.27 bits per heavy atom. The number of benzene rings is 2. The van der Waals surface area contributed by atoms with E-state index in [0.717, 1.165) is 22.6 Å². The molecule has 2 aromatic carbocycles. The van der Waals surface area contributed by atoms with Gasteiger partial charge in [-0.15, -0.1) is 0 Å². The molecule has 0 heterocycles. The lowest BCUT2D eigenvalue weighted by Gasteiger charge is -2.25. The Balaban J connectivity index is 0.00000242. The van der Waals surface area contributed by atoms with E-state index in [-0.39, 0.29) is 13.3 Å². The monoisotopic (exact) mass is 360 g/mol. The Morgan fingerprint density at radius 1 is 0.727 bits per heavy atom. The van der Waals surface area contributed by atoms with Gasteiger partial charge in [0.1, 0.15) is 11.5 Å². The molecule has 0 N–H and O–H groups in total. The zero-order valence-corrected chi connectivity index (χ0v) is 13.9. The Hall–Kier alpha value is -1.09. The van der Waals surface area contributed by atoms with Gasteiger partial charge in [-0.1, -0.05) is 66.5 Å². The molecule has 0 aromatic heterocycles. The predicted octanol–water partition coefficient (Wildman–Crippen LogP) is 5.84. The molecule has 0 aliphatic heterocycles. The second-order valence-electron chi connectivity index (χ2n) is 4.52. The number of alkyl halides is 3. The van der Waals surface area contributed by atoms with Gasteiger partial charge in [-0.3, -0.25) is 0 Å². The van der Waals surface area contributed by atoms with Crippen molar-refractivity contribution in [1.29, 1.82) is 0 Å². The summed E-state index contributed by atoms with van der Waals surface area (Å²) in [5.41, 5.74) is 1.81. The molecule has 0 atom stereocenters. The summed E-state index contributed by atoms with van der Waals surface area (Å²) < 4.78 is 8.85. The summed E-state index contributed by atoms with van der Waals surface area (Å²) in [6.45, 7) is 0. The molecule has 0 fully saturated rings. The molecule has 0 saturated heterocycles. The molecule has 0 amide bonds. The molecule has 0 unspecified atom stereocenters. The summed E-state index contributed by atoms with van der Waals surface area (Å²) in [6, 6.07) is 15.0. The van der Waals surface area contributed by atoms with Crippen molar-refractivity contribution in [3.63, 3.8) is 0 Å². The summed E-state index contributed by atoms with van der Waals surface area (Å²) in [6.07, 6.45) is 0. The predicted molar refractivity (Wildman–Crippen MR) is 94.9 cm³/mol. The fourth-order valence-corrected chi connectivity index (χ4v) is 2.92. The van der Waals surface area contributed by atoms with E-state index in [2.05, 4.69) is 0 Å². The number of halogens is 3. The molecule has 2 aromatic rings. The van der Waals surface area contributed by atoms with E-state index in [1.165, 1.54) is 0 Å². The highest BCUT2D eigenvalue weighted by Crippen LogP contribution is 2.46. The van der Waals surface area contributed by atoms with Gasteiger partial charge in [0.05, 0.1) is 20.1 Å². The molecule has 22 heavy (non-hydrogen) atoms. The van der Waals surface area contributed by atoms with Crippen molar-refractivity contribution in [2.24, 2.45) is 0 Å². The van der Waals surface area contributed by atoms with Gasteiger partial charge < -0.3 is 9.47 Å². The van der Waals surface area contributed by atoms with Crippen LogP contribution >= 0.6 is 34.8 Å². The number of hydrogen-bond acceptors (Lipinski definition) is 2. The first-order chi connectivity index (χ1) is 9.95. The van der Waals surface area contributed by atoms with Crippen molar-refractivity contribution in [2.45, 2.75) is 17.1 Å². The van der Waals surface area contributed by atoms with Crippen molar-refractivity contribution >= 4 is 34.8 Å². The van der Waals surface area contributed by atoms with Crippen LogP contribution in [0.5, 0.6) is 11.5 Å². The van der Waals surface area contributed by atoms with Gasteiger partial charge in [0.15, 0.2) is 0 Å². The maximum atomic E-state index is 6.18. The first-order valence-corrected chi connectivity index (χ1v) is 7.43. The lowest BCUT2D eigenvalue weighted by atomic mass is 9.92. The lowest BCUT2D eigenvalue weighted by Crippen LogP contribution is -2.18. The summed E-state index contributed by atoms with van der Waals surface area (Å²) >= 11 is 18.6. The van der Waals surface area contributed by atoms with Crippen LogP contribution in [-0.2, 0) is 0 Å². The van der Waals surface area contributed by atoms with Crippen LogP contribution in [0, 0.1) is 0 Å². The van der Waals surface area contributed by atoms with Crippen LogP contribution in [-0.4, -0.2) is 18.0 Å². The molecule has 0 spiro atoms. The molecule has 2 rings (SSSR count). The number of ether oxygens (including phenoxy) is 2. The van der Waals surface area contributed by atoms with E-state index in [4.69, 9.17) is 44.3 Å². The van der Waals surface area contributed by atoms with Gasteiger partial charge >= 0.3 is 0 Å². The lowest BCUT2D eigenvalue weighted by molar-refractivity contribution is 0.414. The third-order valence-corrected chi connectivity index (χ3v) is 3.88.